The number of methoxy groups -OCH3 is 1. The predicted octanol–water partition coefficient (Wildman–Crippen LogP) is 0.780. The highest BCUT2D eigenvalue weighted by molar-refractivity contribution is 7.07. The van der Waals surface area contributed by atoms with E-state index in [1.165, 1.54) is 0 Å². The van der Waals surface area contributed by atoms with Gasteiger partial charge in [-0.15, -0.1) is 11.3 Å². The van der Waals surface area contributed by atoms with Gasteiger partial charge in [0, 0.05) is 56.5 Å². The number of nitrogens with zero attached hydrogens (tertiary/aromatic N) is 2. The third-order valence-corrected chi connectivity index (χ3v) is 6.73. The Morgan fingerprint density at radius 1 is 1.34 bits per heavy atom. The van der Waals surface area contributed by atoms with Crippen LogP contribution in [0.2, 0.25) is 0 Å². The number of hydrogen-bond acceptors (Lipinski definition) is 7. The van der Waals surface area contributed by atoms with E-state index in [-0.39, 0.29) is 35.8 Å². The first-order valence-electron chi connectivity index (χ1n) is 10.4. The SMILES string of the molecule is COCCNC(=O)C[C@@H]1OC[C@@H]2[C@H]1[C@H](CC(=O)NC1CC1)CN2Cc1cscn1. The minimum Gasteiger partial charge on any atom is -0.383 e. The van der Waals surface area contributed by atoms with Crippen LogP contribution in [0.3, 0.4) is 0 Å². The molecule has 0 radical (unpaired) electrons. The fourth-order valence-corrected chi connectivity index (χ4v) is 5.17. The summed E-state index contributed by atoms with van der Waals surface area (Å²) in [6, 6.07) is 0.597. The van der Waals surface area contributed by atoms with Crippen LogP contribution in [-0.2, 0) is 25.6 Å². The van der Waals surface area contributed by atoms with E-state index in [0.717, 1.165) is 31.6 Å². The Bertz CT molecular complexity index is 697. The van der Waals surface area contributed by atoms with E-state index in [2.05, 4.69) is 25.9 Å². The largest absolute Gasteiger partial charge is 0.383 e. The van der Waals surface area contributed by atoms with E-state index < -0.39 is 0 Å². The zero-order valence-corrected chi connectivity index (χ0v) is 17.7. The van der Waals surface area contributed by atoms with Crippen molar-refractivity contribution in [2.24, 2.45) is 11.8 Å². The minimum atomic E-state index is -0.151. The summed E-state index contributed by atoms with van der Waals surface area (Å²) in [5, 5.41) is 8.06. The van der Waals surface area contributed by atoms with Crippen molar-refractivity contribution in [3.63, 3.8) is 0 Å². The molecule has 4 rings (SSSR count). The van der Waals surface area contributed by atoms with Gasteiger partial charge in [-0.2, -0.15) is 0 Å². The van der Waals surface area contributed by atoms with E-state index in [0.29, 0.717) is 38.6 Å². The molecular weight excluding hydrogens is 392 g/mol. The fourth-order valence-electron chi connectivity index (χ4n) is 4.62. The molecule has 1 aromatic heterocycles. The van der Waals surface area contributed by atoms with Gasteiger partial charge in [-0.1, -0.05) is 0 Å². The summed E-state index contributed by atoms with van der Waals surface area (Å²) >= 11 is 1.60. The van der Waals surface area contributed by atoms with E-state index in [4.69, 9.17) is 9.47 Å². The summed E-state index contributed by atoms with van der Waals surface area (Å²) in [5.74, 6) is 0.484. The molecule has 3 aliphatic rings. The number of carbonyl (C=O) groups excluding carboxylic acids is 2. The van der Waals surface area contributed by atoms with Crippen molar-refractivity contribution in [1.82, 2.24) is 20.5 Å². The Balaban J connectivity index is 1.40. The molecule has 3 fully saturated rings. The van der Waals surface area contributed by atoms with Crippen molar-refractivity contribution in [1.29, 1.82) is 0 Å². The first kappa shape index (κ1) is 20.7. The summed E-state index contributed by atoms with van der Waals surface area (Å²) in [7, 11) is 1.61. The molecule has 1 aromatic rings. The van der Waals surface area contributed by atoms with E-state index in [1.54, 1.807) is 18.4 Å². The second-order valence-electron chi connectivity index (χ2n) is 8.28. The molecule has 3 heterocycles. The Kier molecular flexibility index (Phi) is 6.79. The zero-order chi connectivity index (χ0) is 20.2. The van der Waals surface area contributed by atoms with E-state index in [1.807, 2.05) is 5.51 Å². The normalized spacial score (nSPS) is 29.0. The van der Waals surface area contributed by atoms with Crippen LogP contribution in [0.15, 0.2) is 10.9 Å². The average molecular weight is 423 g/mol. The topological polar surface area (TPSA) is 92.8 Å². The Morgan fingerprint density at radius 2 is 2.21 bits per heavy atom. The van der Waals surface area contributed by atoms with Crippen LogP contribution in [-0.4, -0.2) is 73.3 Å². The van der Waals surface area contributed by atoms with Crippen molar-refractivity contribution in [3.8, 4) is 0 Å². The lowest BCUT2D eigenvalue weighted by Gasteiger charge is -2.23. The van der Waals surface area contributed by atoms with Gasteiger partial charge in [0.1, 0.15) is 0 Å². The second-order valence-corrected chi connectivity index (χ2v) is 9.00. The molecule has 9 heteroatoms. The van der Waals surface area contributed by atoms with E-state index in [9.17, 15) is 9.59 Å². The Labute approximate surface area is 175 Å². The molecule has 1 saturated carbocycles. The molecule has 8 nitrogen and oxygen atoms in total. The fraction of sp³-hybridized carbons (Fsp3) is 0.750. The molecule has 0 spiro atoms. The maximum absolute atomic E-state index is 12.5. The molecular formula is C20H30N4O4S. The van der Waals surface area contributed by atoms with Gasteiger partial charge >= 0.3 is 0 Å². The quantitative estimate of drug-likeness (QED) is 0.542. The summed E-state index contributed by atoms with van der Waals surface area (Å²) in [6.07, 6.45) is 2.85. The Hall–Kier alpha value is -1.55. The van der Waals surface area contributed by atoms with Crippen molar-refractivity contribution < 1.29 is 19.1 Å². The van der Waals surface area contributed by atoms with Crippen molar-refractivity contribution in [3.05, 3.63) is 16.6 Å². The summed E-state index contributed by atoms with van der Waals surface area (Å²) in [6.45, 7) is 3.21. The number of likely N-dealkylation sites (tertiary alicyclic amines) is 1. The van der Waals surface area contributed by atoms with Crippen LogP contribution < -0.4 is 10.6 Å². The first-order chi connectivity index (χ1) is 14.1. The third-order valence-electron chi connectivity index (χ3n) is 6.09. The molecule has 29 heavy (non-hydrogen) atoms. The standard InChI is InChI=1S/C20H30N4O4S/c1-27-5-4-21-18(25)7-17-20-13(6-19(26)23-14-2-3-14)8-24(16(20)10-28-17)9-15-11-29-12-22-15/h11-14,16-17,20H,2-10H2,1H3,(H,21,25)(H,23,26)/t13-,16-,17+,20-/m1/s1. The van der Waals surface area contributed by atoms with Gasteiger partial charge in [0.15, 0.2) is 0 Å². The molecule has 4 atom stereocenters. The number of fused-ring (bicyclic) bond motifs is 1. The zero-order valence-electron chi connectivity index (χ0n) is 16.8. The average Bonchev–Trinajstić information content (AvgIpc) is 3.07. The van der Waals surface area contributed by atoms with Gasteiger partial charge in [0.2, 0.25) is 11.8 Å². The molecule has 2 N–H and O–H groups in total. The monoisotopic (exact) mass is 422 g/mol. The van der Waals surface area contributed by atoms with Crippen molar-refractivity contribution in [2.45, 2.75) is 50.4 Å². The number of ether oxygens (including phenoxy) is 2. The second kappa shape index (κ2) is 9.51. The van der Waals surface area contributed by atoms with E-state index >= 15 is 0 Å². The number of nitrogens with one attached hydrogen (secondary N) is 2. The van der Waals surface area contributed by atoms with Crippen LogP contribution in [0, 0.1) is 11.8 Å². The highest BCUT2D eigenvalue weighted by Crippen LogP contribution is 2.42. The van der Waals surface area contributed by atoms with Crippen LogP contribution >= 0.6 is 11.3 Å². The maximum Gasteiger partial charge on any atom is 0.222 e. The number of carbonyl (C=O) groups is 2. The molecule has 160 valence electrons. The predicted molar refractivity (Wildman–Crippen MR) is 108 cm³/mol. The minimum absolute atomic E-state index is 0.0215. The van der Waals surface area contributed by atoms with Gasteiger partial charge in [0.25, 0.3) is 0 Å². The smallest absolute Gasteiger partial charge is 0.222 e. The molecule has 2 saturated heterocycles. The molecule has 2 amide bonds. The molecule has 2 aliphatic heterocycles. The van der Waals surface area contributed by atoms with Gasteiger partial charge in [-0.3, -0.25) is 14.5 Å². The number of rotatable bonds is 10. The number of amides is 2. The van der Waals surface area contributed by atoms with Gasteiger partial charge in [-0.25, -0.2) is 4.98 Å². The molecule has 0 aromatic carbocycles. The first-order valence-corrected chi connectivity index (χ1v) is 11.4. The van der Waals surface area contributed by atoms with Crippen LogP contribution in [0.25, 0.3) is 0 Å². The van der Waals surface area contributed by atoms with Crippen LogP contribution in [0.4, 0.5) is 0 Å². The lowest BCUT2D eigenvalue weighted by atomic mass is 9.84. The van der Waals surface area contributed by atoms with Gasteiger partial charge < -0.3 is 20.1 Å². The van der Waals surface area contributed by atoms with Gasteiger partial charge in [-0.05, 0) is 18.8 Å². The van der Waals surface area contributed by atoms with Crippen LogP contribution in [0.1, 0.15) is 31.4 Å². The summed E-state index contributed by atoms with van der Waals surface area (Å²) < 4.78 is 11.1. The molecule has 0 bridgehead atoms. The number of hydrogen-bond donors (Lipinski definition) is 2. The van der Waals surface area contributed by atoms with Gasteiger partial charge in [0.05, 0.1) is 36.9 Å². The summed E-state index contributed by atoms with van der Waals surface area (Å²) in [4.78, 5) is 31.6. The molecule has 1 aliphatic carbocycles. The number of thiazole rings is 1. The van der Waals surface area contributed by atoms with Crippen molar-refractivity contribution in [2.75, 3.05) is 33.4 Å². The lowest BCUT2D eigenvalue weighted by Crippen LogP contribution is -2.36. The molecule has 0 unspecified atom stereocenters. The van der Waals surface area contributed by atoms with Crippen molar-refractivity contribution >= 4 is 23.2 Å². The highest BCUT2D eigenvalue weighted by Gasteiger charge is 2.51. The third kappa shape index (κ3) is 5.33. The Morgan fingerprint density at radius 3 is 2.93 bits per heavy atom. The highest BCUT2D eigenvalue weighted by atomic mass is 32.1. The maximum atomic E-state index is 12.5. The summed E-state index contributed by atoms with van der Waals surface area (Å²) in [5.41, 5.74) is 2.90. The lowest BCUT2D eigenvalue weighted by molar-refractivity contribution is -0.124. The number of aromatic nitrogens is 1. The van der Waals surface area contributed by atoms with Crippen LogP contribution in [0.5, 0.6) is 0 Å².